The molecule has 0 aliphatic carbocycles. The van der Waals surface area contributed by atoms with Crippen molar-refractivity contribution in [2.24, 2.45) is 0 Å². The molecule has 0 aromatic heterocycles. The molecular formula is C14H21NO. The maximum atomic E-state index is 5.17. The average Bonchev–Trinajstić information content (AvgIpc) is 2.30. The van der Waals surface area contributed by atoms with Crippen molar-refractivity contribution in [3.8, 4) is 5.75 Å². The number of nitrogens with one attached hydrogen (secondary N) is 1. The first-order chi connectivity index (χ1) is 7.72. The van der Waals surface area contributed by atoms with E-state index in [0.717, 1.165) is 18.7 Å². The minimum atomic E-state index is 0.285. The van der Waals surface area contributed by atoms with Gasteiger partial charge >= 0.3 is 0 Å². The van der Waals surface area contributed by atoms with Crippen LogP contribution in [0.4, 0.5) is 0 Å². The van der Waals surface area contributed by atoms with Gasteiger partial charge in [-0.05, 0) is 50.4 Å². The molecule has 1 fully saturated rings. The number of ether oxygens (including phenoxy) is 1. The van der Waals surface area contributed by atoms with E-state index in [-0.39, 0.29) is 5.54 Å². The van der Waals surface area contributed by atoms with Gasteiger partial charge in [-0.25, -0.2) is 0 Å². The zero-order chi connectivity index (χ0) is 11.4. The van der Waals surface area contributed by atoms with Crippen molar-refractivity contribution in [2.75, 3.05) is 13.7 Å². The fourth-order valence-corrected chi connectivity index (χ4v) is 2.46. The molecule has 1 aromatic carbocycles. The summed E-state index contributed by atoms with van der Waals surface area (Å²) in [5.74, 6) is 0.936. The minimum absolute atomic E-state index is 0.285. The lowest BCUT2D eigenvalue weighted by molar-refractivity contribution is 0.276. The Balaban J connectivity index is 2.01. The van der Waals surface area contributed by atoms with Crippen molar-refractivity contribution in [1.82, 2.24) is 5.32 Å². The molecule has 0 spiro atoms. The van der Waals surface area contributed by atoms with Gasteiger partial charge < -0.3 is 10.1 Å². The van der Waals surface area contributed by atoms with Crippen LogP contribution in [0.5, 0.6) is 5.75 Å². The third kappa shape index (κ3) is 2.76. The Labute approximate surface area is 98.0 Å². The van der Waals surface area contributed by atoms with Gasteiger partial charge in [-0.3, -0.25) is 0 Å². The van der Waals surface area contributed by atoms with E-state index < -0.39 is 0 Å². The van der Waals surface area contributed by atoms with Gasteiger partial charge in [0.15, 0.2) is 0 Å². The molecule has 1 aromatic rings. The van der Waals surface area contributed by atoms with Crippen molar-refractivity contribution in [3.05, 3.63) is 29.8 Å². The minimum Gasteiger partial charge on any atom is -0.497 e. The SMILES string of the molecule is COc1ccc(CC2(C)CCCCN2)cc1. The molecule has 1 unspecified atom stereocenters. The van der Waals surface area contributed by atoms with Gasteiger partial charge in [-0.1, -0.05) is 18.6 Å². The first kappa shape index (κ1) is 11.5. The number of rotatable bonds is 3. The van der Waals surface area contributed by atoms with Crippen molar-refractivity contribution in [1.29, 1.82) is 0 Å². The van der Waals surface area contributed by atoms with E-state index in [9.17, 15) is 0 Å². The molecule has 2 nitrogen and oxygen atoms in total. The number of hydrogen-bond acceptors (Lipinski definition) is 2. The summed E-state index contributed by atoms with van der Waals surface area (Å²) >= 11 is 0. The lowest BCUT2D eigenvalue weighted by atomic mass is 9.85. The fraction of sp³-hybridized carbons (Fsp3) is 0.571. The summed E-state index contributed by atoms with van der Waals surface area (Å²) in [5, 5.41) is 3.64. The first-order valence-electron chi connectivity index (χ1n) is 6.10. The monoisotopic (exact) mass is 219 g/mol. The third-order valence-corrected chi connectivity index (χ3v) is 3.46. The normalized spacial score (nSPS) is 25.4. The second-order valence-electron chi connectivity index (χ2n) is 4.97. The van der Waals surface area contributed by atoms with Gasteiger partial charge in [0, 0.05) is 5.54 Å². The van der Waals surface area contributed by atoms with E-state index in [4.69, 9.17) is 4.74 Å². The molecule has 88 valence electrons. The third-order valence-electron chi connectivity index (χ3n) is 3.46. The van der Waals surface area contributed by atoms with Gasteiger partial charge in [0.1, 0.15) is 5.75 Å². The number of methoxy groups -OCH3 is 1. The highest BCUT2D eigenvalue weighted by Crippen LogP contribution is 2.24. The highest BCUT2D eigenvalue weighted by Gasteiger charge is 2.26. The van der Waals surface area contributed by atoms with Crippen LogP contribution in [0.25, 0.3) is 0 Å². The van der Waals surface area contributed by atoms with E-state index in [2.05, 4.69) is 24.4 Å². The highest BCUT2D eigenvalue weighted by atomic mass is 16.5. The van der Waals surface area contributed by atoms with Crippen molar-refractivity contribution in [2.45, 2.75) is 38.1 Å². The summed E-state index contributed by atoms with van der Waals surface area (Å²) in [5.41, 5.74) is 1.67. The quantitative estimate of drug-likeness (QED) is 0.844. The van der Waals surface area contributed by atoms with Crippen LogP contribution < -0.4 is 10.1 Å². The summed E-state index contributed by atoms with van der Waals surface area (Å²) < 4.78 is 5.17. The Morgan fingerprint density at radius 2 is 2.00 bits per heavy atom. The molecule has 1 N–H and O–H groups in total. The second-order valence-corrected chi connectivity index (χ2v) is 4.97. The number of benzene rings is 1. The summed E-state index contributed by atoms with van der Waals surface area (Å²) in [6.45, 7) is 3.49. The Bertz CT molecular complexity index is 325. The lowest BCUT2D eigenvalue weighted by Crippen LogP contribution is -2.47. The predicted octanol–water partition coefficient (Wildman–Crippen LogP) is 2.77. The number of piperidine rings is 1. The van der Waals surface area contributed by atoms with Crippen LogP contribution in [-0.2, 0) is 6.42 Å². The Hall–Kier alpha value is -1.02. The Morgan fingerprint density at radius 3 is 2.56 bits per heavy atom. The zero-order valence-corrected chi connectivity index (χ0v) is 10.3. The van der Waals surface area contributed by atoms with Crippen molar-refractivity contribution in [3.63, 3.8) is 0 Å². The van der Waals surface area contributed by atoms with Crippen LogP contribution in [0.1, 0.15) is 31.7 Å². The zero-order valence-electron chi connectivity index (χ0n) is 10.3. The Morgan fingerprint density at radius 1 is 1.25 bits per heavy atom. The van der Waals surface area contributed by atoms with Crippen LogP contribution in [0.2, 0.25) is 0 Å². The fourth-order valence-electron chi connectivity index (χ4n) is 2.46. The molecular weight excluding hydrogens is 198 g/mol. The van der Waals surface area contributed by atoms with E-state index >= 15 is 0 Å². The molecule has 2 heteroatoms. The summed E-state index contributed by atoms with van der Waals surface area (Å²) in [4.78, 5) is 0. The lowest BCUT2D eigenvalue weighted by Gasteiger charge is -2.35. The molecule has 0 amide bonds. The van der Waals surface area contributed by atoms with Crippen LogP contribution in [0.15, 0.2) is 24.3 Å². The predicted molar refractivity (Wildman–Crippen MR) is 67.0 cm³/mol. The van der Waals surface area contributed by atoms with E-state index in [0.29, 0.717) is 0 Å². The molecule has 1 aliphatic rings. The van der Waals surface area contributed by atoms with Crippen molar-refractivity contribution >= 4 is 0 Å². The van der Waals surface area contributed by atoms with E-state index in [1.807, 2.05) is 12.1 Å². The highest BCUT2D eigenvalue weighted by molar-refractivity contribution is 5.28. The maximum Gasteiger partial charge on any atom is 0.118 e. The molecule has 1 heterocycles. The molecule has 0 radical (unpaired) electrons. The van der Waals surface area contributed by atoms with Crippen LogP contribution in [0, 0.1) is 0 Å². The molecule has 1 saturated heterocycles. The van der Waals surface area contributed by atoms with Crippen LogP contribution in [-0.4, -0.2) is 19.2 Å². The summed E-state index contributed by atoms with van der Waals surface area (Å²) in [6, 6.07) is 8.42. The summed E-state index contributed by atoms with van der Waals surface area (Å²) in [7, 11) is 1.71. The smallest absolute Gasteiger partial charge is 0.118 e. The molecule has 2 rings (SSSR count). The Kier molecular flexibility index (Phi) is 3.49. The largest absolute Gasteiger partial charge is 0.497 e. The molecule has 0 saturated carbocycles. The standard InChI is InChI=1S/C14H21NO/c1-14(9-3-4-10-15-14)11-12-5-7-13(16-2)8-6-12/h5-8,15H,3-4,9-11H2,1-2H3. The first-order valence-corrected chi connectivity index (χ1v) is 6.10. The second kappa shape index (κ2) is 4.88. The summed E-state index contributed by atoms with van der Waals surface area (Å²) in [6.07, 6.45) is 5.05. The number of hydrogen-bond donors (Lipinski definition) is 1. The molecule has 1 aliphatic heterocycles. The van der Waals surface area contributed by atoms with E-state index in [1.54, 1.807) is 7.11 Å². The van der Waals surface area contributed by atoms with Crippen molar-refractivity contribution < 1.29 is 4.74 Å². The average molecular weight is 219 g/mol. The van der Waals surface area contributed by atoms with Gasteiger partial charge in [0.2, 0.25) is 0 Å². The topological polar surface area (TPSA) is 21.3 Å². The van der Waals surface area contributed by atoms with E-state index in [1.165, 1.54) is 24.8 Å². The van der Waals surface area contributed by atoms with Gasteiger partial charge in [-0.15, -0.1) is 0 Å². The molecule has 16 heavy (non-hydrogen) atoms. The maximum absolute atomic E-state index is 5.17. The van der Waals surface area contributed by atoms with Crippen LogP contribution in [0.3, 0.4) is 0 Å². The van der Waals surface area contributed by atoms with Gasteiger partial charge in [-0.2, -0.15) is 0 Å². The van der Waals surface area contributed by atoms with Crippen LogP contribution >= 0.6 is 0 Å². The van der Waals surface area contributed by atoms with Gasteiger partial charge in [0.05, 0.1) is 7.11 Å². The molecule has 1 atom stereocenters. The molecule has 0 bridgehead atoms. The van der Waals surface area contributed by atoms with Gasteiger partial charge in [0.25, 0.3) is 0 Å².